The van der Waals surface area contributed by atoms with Crippen LogP contribution < -0.4 is 4.74 Å². The maximum atomic E-state index is 12.6. The van der Waals surface area contributed by atoms with Gasteiger partial charge in [0.15, 0.2) is 5.82 Å². The van der Waals surface area contributed by atoms with E-state index in [1.807, 2.05) is 93.6 Å². The van der Waals surface area contributed by atoms with Gasteiger partial charge < -0.3 is 9.84 Å². The molecule has 0 atom stereocenters. The summed E-state index contributed by atoms with van der Waals surface area (Å²) in [6.07, 6.45) is 0. The van der Waals surface area contributed by atoms with Crippen molar-refractivity contribution in [3.05, 3.63) is 89.5 Å². The summed E-state index contributed by atoms with van der Waals surface area (Å²) in [6, 6.07) is 22.9. The lowest BCUT2D eigenvalue weighted by atomic mass is 9.96. The Kier molecular flexibility index (Phi) is 5.99. The predicted octanol–water partition coefficient (Wildman–Crippen LogP) is 6.19. The van der Waals surface area contributed by atoms with Crippen LogP contribution in [0.2, 0.25) is 0 Å². The SMILES string of the molecule is CCOc1ccccc1-c1nc(-c2ccccc2C)nc(-c2ccccc2C)c1C(=O)O. The Morgan fingerprint density at radius 2 is 1.28 bits per heavy atom. The van der Waals surface area contributed by atoms with Crippen LogP contribution >= 0.6 is 0 Å². The number of ether oxygens (including phenoxy) is 1. The molecule has 32 heavy (non-hydrogen) atoms. The van der Waals surface area contributed by atoms with Gasteiger partial charge in [0.2, 0.25) is 0 Å². The van der Waals surface area contributed by atoms with Gasteiger partial charge in [-0.1, -0.05) is 60.7 Å². The van der Waals surface area contributed by atoms with Crippen LogP contribution in [0.5, 0.6) is 5.75 Å². The van der Waals surface area contributed by atoms with Gasteiger partial charge in [0.1, 0.15) is 11.3 Å². The number of rotatable bonds is 6. The second-order valence-corrected chi connectivity index (χ2v) is 7.48. The van der Waals surface area contributed by atoms with E-state index in [9.17, 15) is 9.90 Å². The summed E-state index contributed by atoms with van der Waals surface area (Å²) in [6.45, 7) is 6.29. The minimum atomic E-state index is -1.08. The normalized spacial score (nSPS) is 10.7. The molecule has 0 aliphatic heterocycles. The van der Waals surface area contributed by atoms with Crippen LogP contribution in [0.25, 0.3) is 33.9 Å². The van der Waals surface area contributed by atoms with Crippen molar-refractivity contribution in [2.45, 2.75) is 20.8 Å². The quantitative estimate of drug-likeness (QED) is 0.399. The van der Waals surface area contributed by atoms with Crippen molar-refractivity contribution in [3.8, 4) is 39.7 Å². The summed E-state index contributed by atoms with van der Waals surface area (Å²) in [4.78, 5) is 22.1. The van der Waals surface area contributed by atoms with Gasteiger partial charge in [-0.05, 0) is 44.0 Å². The number of para-hydroxylation sites is 1. The third kappa shape index (κ3) is 3.97. The van der Waals surface area contributed by atoms with Crippen LogP contribution in [0.1, 0.15) is 28.4 Å². The van der Waals surface area contributed by atoms with Gasteiger partial charge >= 0.3 is 5.97 Å². The predicted molar refractivity (Wildman–Crippen MR) is 126 cm³/mol. The molecule has 0 spiro atoms. The Balaban J connectivity index is 2.12. The molecule has 0 amide bonds. The number of benzene rings is 3. The zero-order valence-corrected chi connectivity index (χ0v) is 18.3. The minimum absolute atomic E-state index is 0.0591. The monoisotopic (exact) mass is 424 g/mol. The lowest BCUT2D eigenvalue weighted by Gasteiger charge is -2.17. The number of carboxylic acids is 1. The first-order chi connectivity index (χ1) is 15.5. The zero-order chi connectivity index (χ0) is 22.7. The molecule has 3 aromatic carbocycles. The van der Waals surface area contributed by atoms with E-state index in [1.54, 1.807) is 0 Å². The largest absolute Gasteiger partial charge is 0.493 e. The molecule has 0 aliphatic rings. The Morgan fingerprint density at radius 1 is 0.781 bits per heavy atom. The van der Waals surface area contributed by atoms with Crippen molar-refractivity contribution < 1.29 is 14.6 Å². The lowest BCUT2D eigenvalue weighted by molar-refractivity contribution is 0.0698. The maximum absolute atomic E-state index is 12.6. The number of hydrogen-bond donors (Lipinski definition) is 1. The molecule has 0 unspecified atom stereocenters. The highest BCUT2D eigenvalue weighted by Gasteiger charge is 2.26. The van der Waals surface area contributed by atoms with Gasteiger partial charge in [-0.3, -0.25) is 0 Å². The fourth-order valence-corrected chi connectivity index (χ4v) is 3.78. The van der Waals surface area contributed by atoms with Crippen molar-refractivity contribution in [2.24, 2.45) is 0 Å². The van der Waals surface area contributed by atoms with Crippen LogP contribution in [-0.2, 0) is 0 Å². The molecule has 0 saturated heterocycles. The first-order valence-electron chi connectivity index (χ1n) is 10.5. The first-order valence-corrected chi connectivity index (χ1v) is 10.5. The zero-order valence-electron chi connectivity index (χ0n) is 18.3. The minimum Gasteiger partial charge on any atom is -0.493 e. The van der Waals surface area contributed by atoms with Crippen molar-refractivity contribution in [2.75, 3.05) is 6.61 Å². The van der Waals surface area contributed by atoms with Crippen LogP contribution in [0.15, 0.2) is 72.8 Å². The molecule has 5 nitrogen and oxygen atoms in total. The molecule has 4 rings (SSSR count). The van der Waals surface area contributed by atoms with Crippen LogP contribution in [0, 0.1) is 13.8 Å². The van der Waals surface area contributed by atoms with Crippen molar-refractivity contribution >= 4 is 5.97 Å². The van der Waals surface area contributed by atoms with E-state index < -0.39 is 5.97 Å². The first kappa shape index (κ1) is 21.2. The highest BCUT2D eigenvalue weighted by molar-refractivity contribution is 6.02. The number of aromatic nitrogens is 2. The van der Waals surface area contributed by atoms with E-state index >= 15 is 0 Å². The van der Waals surface area contributed by atoms with Crippen LogP contribution in [0.4, 0.5) is 0 Å². The third-order valence-electron chi connectivity index (χ3n) is 5.35. The highest BCUT2D eigenvalue weighted by Crippen LogP contribution is 2.37. The van der Waals surface area contributed by atoms with Gasteiger partial charge in [-0.25, -0.2) is 14.8 Å². The number of hydrogen-bond acceptors (Lipinski definition) is 4. The lowest BCUT2D eigenvalue weighted by Crippen LogP contribution is -2.10. The van der Waals surface area contributed by atoms with E-state index in [2.05, 4.69) is 0 Å². The van der Waals surface area contributed by atoms with E-state index in [-0.39, 0.29) is 5.56 Å². The average Bonchev–Trinajstić information content (AvgIpc) is 2.79. The molecular formula is C27H24N2O3. The standard InChI is InChI=1S/C27H24N2O3/c1-4-32-22-16-10-9-15-21(22)25-23(27(30)31)24(19-13-7-5-11-17(19)2)28-26(29-25)20-14-8-6-12-18(20)3/h5-16H,4H2,1-3H3,(H,30,31). The van der Waals surface area contributed by atoms with Crippen molar-refractivity contribution in [1.29, 1.82) is 0 Å². The summed E-state index contributed by atoms with van der Waals surface area (Å²) >= 11 is 0. The van der Waals surface area contributed by atoms with E-state index in [0.29, 0.717) is 35.1 Å². The van der Waals surface area contributed by atoms with Crippen LogP contribution in [-0.4, -0.2) is 27.7 Å². The third-order valence-corrected chi connectivity index (χ3v) is 5.35. The molecule has 5 heteroatoms. The highest BCUT2D eigenvalue weighted by atomic mass is 16.5. The number of aromatic carboxylic acids is 1. The molecule has 0 bridgehead atoms. The maximum Gasteiger partial charge on any atom is 0.340 e. The van der Waals surface area contributed by atoms with E-state index in [1.165, 1.54) is 0 Å². The summed E-state index contributed by atoms with van der Waals surface area (Å²) < 4.78 is 5.81. The van der Waals surface area contributed by atoms with Gasteiger partial charge in [0.25, 0.3) is 0 Å². The molecule has 0 radical (unpaired) electrons. The Bertz CT molecular complexity index is 1300. The summed E-state index contributed by atoms with van der Waals surface area (Å²) in [7, 11) is 0. The van der Waals surface area contributed by atoms with Crippen molar-refractivity contribution in [3.63, 3.8) is 0 Å². The average molecular weight is 425 g/mol. The van der Waals surface area contributed by atoms with Crippen LogP contribution in [0.3, 0.4) is 0 Å². The summed E-state index contributed by atoms with van der Waals surface area (Å²) in [5, 5.41) is 10.3. The molecular weight excluding hydrogens is 400 g/mol. The van der Waals surface area contributed by atoms with Gasteiger partial charge in [0, 0.05) is 16.7 Å². The summed E-state index contributed by atoms with van der Waals surface area (Å²) in [5.41, 5.74) is 4.98. The molecule has 160 valence electrons. The summed E-state index contributed by atoms with van der Waals surface area (Å²) in [5.74, 6) is -0.0174. The van der Waals surface area contributed by atoms with Gasteiger partial charge in [0.05, 0.1) is 18.0 Å². The number of carbonyl (C=O) groups is 1. The Hall–Kier alpha value is -3.99. The molecule has 1 heterocycles. The molecule has 0 aliphatic carbocycles. The molecule has 4 aromatic rings. The molecule has 0 fully saturated rings. The number of aryl methyl sites for hydroxylation is 2. The van der Waals surface area contributed by atoms with Gasteiger partial charge in [-0.2, -0.15) is 0 Å². The van der Waals surface area contributed by atoms with E-state index in [4.69, 9.17) is 14.7 Å². The Labute approximate surface area is 187 Å². The second kappa shape index (κ2) is 9.02. The smallest absolute Gasteiger partial charge is 0.340 e. The molecule has 1 aromatic heterocycles. The fourth-order valence-electron chi connectivity index (χ4n) is 3.78. The number of nitrogens with zero attached hydrogens (tertiary/aromatic N) is 2. The molecule has 1 N–H and O–H groups in total. The van der Waals surface area contributed by atoms with Gasteiger partial charge in [-0.15, -0.1) is 0 Å². The van der Waals surface area contributed by atoms with E-state index in [0.717, 1.165) is 22.3 Å². The van der Waals surface area contributed by atoms with Crippen molar-refractivity contribution in [1.82, 2.24) is 9.97 Å². The Morgan fingerprint density at radius 3 is 1.84 bits per heavy atom. The number of carboxylic acid groups (broad SMARTS) is 1. The molecule has 0 saturated carbocycles. The second-order valence-electron chi connectivity index (χ2n) is 7.48. The topological polar surface area (TPSA) is 72.3 Å². The fraction of sp³-hybridized carbons (Fsp3) is 0.148.